The van der Waals surface area contributed by atoms with E-state index in [-0.39, 0.29) is 5.02 Å². The quantitative estimate of drug-likeness (QED) is 0.805. The Labute approximate surface area is 121 Å². The molecule has 0 atom stereocenters. The van der Waals surface area contributed by atoms with E-state index in [1.807, 2.05) is 18.7 Å². The van der Waals surface area contributed by atoms with Gasteiger partial charge in [-0.15, -0.1) is 0 Å². The average molecular weight is 294 g/mol. The number of nitrogens with zero attached hydrogens (tertiary/aromatic N) is 3. The number of benzene rings is 1. The number of halogens is 2. The lowest BCUT2D eigenvalue weighted by molar-refractivity contribution is 0.101. The maximum Gasteiger partial charge on any atom is 0.258 e. The number of hydrogen-bond donors (Lipinski definition) is 0. The first-order valence-electron chi connectivity index (χ1n) is 6.19. The molecule has 0 amide bonds. The van der Waals surface area contributed by atoms with E-state index in [1.54, 1.807) is 18.5 Å². The van der Waals surface area contributed by atoms with Gasteiger partial charge in [-0.2, -0.15) is 0 Å². The van der Waals surface area contributed by atoms with Crippen LogP contribution in [-0.4, -0.2) is 22.1 Å². The summed E-state index contributed by atoms with van der Waals surface area (Å²) in [4.78, 5) is 10.3. The highest BCUT2D eigenvalue weighted by atomic mass is 35.5. The number of fused-ring (bicyclic) bond motifs is 1. The molecule has 1 aliphatic rings. The molecule has 2 aromatic rings. The van der Waals surface area contributed by atoms with E-state index >= 15 is 0 Å². The molecule has 4 nitrogen and oxygen atoms in total. The van der Waals surface area contributed by atoms with Crippen LogP contribution in [0.5, 0.6) is 5.88 Å². The summed E-state index contributed by atoms with van der Waals surface area (Å²) in [7, 11) is 0. The molecule has 0 N–H and O–H groups in total. The highest BCUT2D eigenvalue weighted by molar-refractivity contribution is 6.30. The van der Waals surface area contributed by atoms with Crippen molar-refractivity contribution in [3.63, 3.8) is 0 Å². The highest BCUT2D eigenvalue weighted by Crippen LogP contribution is 2.38. The largest absolute Gasteiger partial charge is 0.467 e. The molecule has 0 saturated heterocycles. The molecule has 0 bridgehead atoms. The van der Waals surface area contributed by atoms with E-state index in [2.05, 4.69) is 9.97 Å². The molecular weight excluding hydrogens is 281 g/mol. The van der Waals surface area contributed by atoms with Gasteiger partial charge in [-0.05, 0) is 32.0 Å². The van der Waals surface area contributed by atoms with Gasteiger partial charge in [0.25, 0.3) is 5.88 Å². The van der Waals surface area contributed by atoms with E-state index in [1.165, 1.54) is 12.1 Å². The van der Waals surface area contributed by atoms with Crippen molar-refractivity contribution in [2.24, 2.45) is 0 Å². The van der Waals surface area contributed by atoms with Gasteiger partial charge in [0, 0.05) is 18.1 Å². The second kappa shape index (κ2) is 4.59. The molecule has 6 heteroatoms. The van der Waals surface area contributed by atoms with Crippen molar-refractivity contribution in [3.05, 3.63) is 41.4 Å². The minimum absolute atomic E-state index is 0.0978. The third-order valence-electron chi connectivity index (χ3n) is 3.03. The molecule has 104 valence electrons. The number of hydrogen-bond acceptors (Lipinski definition) is 4. The summed E-state index contributed by atoms with van der Waals surface area (Å²) in [5.41, 5.74) is 0.226. The lowest BCUT2D eigenvalue weighted by atomic mass is 10.1. The number of aromatic nitrogens is 2. The zero-order valence-corrected chi connectivity index (χ0v) is 11.9. The van der Waals surface area contributed by atoms with Crippen molar-refractivity contribution in [2.45, 2.75) is 19.4 Å². The molecule has 0 saturated carbocycles. The van der Waals surface area contributed by atoms with Crippen molar-refractivity contribution < 1.29 is 9.13 Å². The van der Waals surface area contributed by atoms with Gasteiger partial charge in [-0.25, -0.2) is 14.4 Å². The fourth-order valence-corrected chi connectivity index (χ4v) is 2.31. The topological polar surface area (TPSA) is 38.2 Å². The molecule has 0 radical (unpaired) electrons. The van der Waals surface area contributed by atoms with E-state index < -0.39 is 11.4 Å². The van der Waals surface area contributed by atoms with Gasteiger partial charge in [0.2, 0.25) is 0 Å². The van der Waals surface area contributed by atoms with Crippen LogP contribution >= 0.6 is 11.6 Å². The third kappa shape index (κ3) is 2.29. The number of ether oxygens (including phenoxy) is 1. The van der Waals surface area contributed by atoms with Crippen molar-refractivity contribution in [1.29, 1.82) is 0 Å². The van der Waals surface area contributed by atoms with Crippen LogP contribution in [0.1, 0.15) is 13.8 Å². The monoisotopic (exact) mass is 293 g/mol. The molecule has 2 heterocycles. The molecule has 3 rings (SSSR count). The summed E-state index contributed by atoms with van der Waals surface area (Å²) < 4.78 is 19.5. The van der Waals surface area contributed by atoms with Crippen LogP contribution in [0.15, 0.2) is 30.6 Å². The molecule has 0 spiro atoms. The maximum atomic E-state index is 13.7. The van der Waals surface area contributed by atoms with Gasteiger partial charge >= 0.3 is 0 Å². The van der Waals surface area contributed by atoms with Gasteiger partial charge in [0.1, 0.15) is 11.4 Å². The normalized spacial score (nSPS) is 16.5. The average Bonchev–Trinajstić information content (AvgIpc) is 2.40. The van der Waals surface area contributed by atoms with Crippen molar-refractivity contribution >= 4 is 23.1 Å². The lowest BCUT2D eigenvalue weighted by Gasteiger charge is -2.39. The summed E-state index contributed by atoms with van der Waals surface area (Å²) in [6, 6.07) is 4.68. The minimum Gasteiger partial charge on any atom is -0.467 e. The Balaban J connectivity index is 2.10. The molecule has 0 unspecified atom stereocenters. The predicted octanol–water partition coefficient (Wildman–Crippen LogP) is 3.58. The van der Waals surface area contributed by atoms with Crippen molar-refractivity contribution in [3.8, 4) is 5.88 Å². The fourth-order valence-electron chi connectivity index (χ4n) is 2.19. The van der Waals surface area contributed by atoms with E-state index in [0.717, 1.165) is 0 Å². The zero-order chi connectivity index (χ0) is 14.3. The molecule has 1 aromatic carbocycles. The van der Waals surface area contributed by atoms with Crippen LogP contribution in [0.3, 0.4) is 0 Å². The summed E-state index contributed by atoms with van der Waals surface area (Å²) in [6.07, 6.45) is 3.15. The Morgan fingerprint density at radius 2 is 2.05 bits per heavy atom. The van der Waals surface area contributed by atoms with Gasteiger partial charge in [0.15, 0.2) is 5.82 Å². The molecule has 0 fully saturated rings. The van der Waals surface area contributed by atoms with Crippen molar-refractivity contribution in [1.82, 2.24) is 9.97 Å². The van der Waals surface area contributed by atoms with Crippen LogP contribution in [0.2, 0.25) is 5.02 Å². The van der Waals surface area contributed by atoms with Crippen LogP contribution in [0.25, 0.3) is 0 Å². The lowest BCUT2D eigenvalue weighted by Crippen LogP contribution is -2.45. The molecule has 1 aromatic heterocycles. The second-order valence-electron chi connectivity index (χ2n) is 5.23. The predicted molar refractivity (Wildman–Crippen MR) is 75.2 cm³/mol. The molecule has 20 heavy (non-hydrogen) atoms. The molecular formula is C14H13ClFN3O. The van der Waals surface area contributed by atoms with E-state index in [0.29, 0.717) is 23.9 Å². The smallest absolute Gasteiger partial charge is 0.258 e. The van der Waals surface area contributed by atoms with Gasteiger partial charge in [-0.1, -0.05) is 11.6 Å². The Morgan fingerprint density at radius 1 is 1.30 bits per heavy atom. The van der Waals surface area contributed by atoms with E-state index in [9.17, 15) is 4.39 Å². The Bertz CT molecular complexity index is 663. The van der Waals surface area contributed by atoms with Gasteiger partial charge < -0.3 is 9.64 Å². The second-order valence-corrected chi connectivity index (χ2v) is 5.64. The minimum atomic E-state index is -0.459. The Morgan fingerprint density at radius 3 is 2.80 bits per heavy atom. The highest BCUT2D eigenvalue weighted by Gasteiger charge is 2.34. The zero-order valence-electron chi connectivity index (χ0n) is 11.1. The third-order valence-corrected chi connectivity index (χ3v) is 3.34. The summed E-state index contributed by atoms with van der Waals surface area (Å²) in [6.45, 7) is 4.44. The Hall–Kier alpha value is -1.88. The van der Waals surface area contributed by atoms with Crippen LogP contribution in [0, 0.1) is 5.82 Å². The maximum absolute atomic E-state index is 13.7. The van der Waals surface area contributed by atoms with E-state index in [4.69, 9.17) is 16.3 Å². The number of rotatable bonds is 1. The number of anilines is 2. The summed E-state index contributed by atoms with van der Waals surface area (Å²) in [5.74, 6) is 0.562. The molecule has 1 aliphatic heterocycles. The van der Waals surface area contributed by atoms with Gasteiger partial charge in [0.05, 0.1) is 11.6 Å². The standard InChI is InChI=1S/C14H13ClFN3O/c1-14(2)8-19(9-3-4-10(15)11(16)7-9)12-13(20-14)18-6-5-17-12/h3-7H,8H2,1-2H3. The SMILES string of the molecule is CC1(C)CN(c2ccc(Cl)c(F)c2)c2nccnc2O1. The van der Waals surface area contributed by atoms with Crippen LogP contribution in [-0.2, 0) is 0 Å². The molecule has 0 aliphatic carbocycles. The first kappa shape index (κ1) is 13.1. The van der Waals surface area contributed by atoms with Crippen LogP contribution < -0.4 is 9.64 Å². The fraction of sp³-hybridized carbons (Fsp3) is 0.286. The van der Waals surface area contributed by atoms with Crippen molar-refractivity contribution in [2.75, 3.05) is 11.4 Å². The first-order valence-corrected chi connectivity index (χ1v) is 6.57. The Kier molecular flexibility index (Phi) is 3.01. The summed E-state index contributed by atoms with van der Waals surface area (Å²) in [5, 5.41) is 0.0978. The van der Waals surface area contributed by atoms with Gasteiger partial charge in [-0.3, -0.25) is 0 Å². The summed E-state index contributed by atoms with van der Waals surface area (Å²) >= 11 is 5.73. The van der Waals surface area contributed by atoms with Crippen LogP contribution in [0.4, 0.5) is 15.9 Å². The first-order chi connectivity index (χ1) is 9.46.